The summed E-state index contributed by atoms with van der Waals surface area (Å²) in [6, 6.07) is 16.7. The Labute approximate surface area is 216 Å². The molecular weight excluding hydrogens is 470 g/mol. The molecule has 0 spiro atoms. The van der Waals surface area contributed by atoms with Crippen LogP contribution in [0.1, 0.15) is 53.1 Å². The molecule has 0 radical (unpaired) electrons. The van der Waals surface area contributed by atoms with Gasteiger partial charge in [-0.15, -0.1) is 5.11 Å². The molecule has 4 rings (SSSR count). The topological polar surface area (TPSA) is 78.7 Å². The van der Waals surface area contributed by atoms with Gasteiger partial charge in [-0.05, 0) is 53.3 Å². The van der Waals surface area contributed by atoms with Crippen molar-refractivity contribution in [3.8, 4) is 6.07 Å². The fraction of sp³-hybridized carbons (Fsp3) is 0.267. The summed E-state index contributed by atoms with van der Waals surface area (Å²) in [6.07, 6.45) is 3.74. The second-order valence-corrected chi connectivity index (χ2v) is 11.3. The lowest BCUT2D eigenvalue weighted by atomic mass is 9.71. The molecule has 1 heterocycles. The monoisotopic (exact) mass is 497 g/mol. The van der Waals surface area contributed by atoms with E-state index in [2.05, 4.69) is 16.3 Å². The van der Waals surface area contributed by atoms with Gasteiger partial charge in [-0.3, -0.25) is 4.79 Å². The fourth-order valence-corrected chi connectivity index (χ4v) is 4.21. The molecule has 0 fully saturated rings. The van der Waals surface area contributed by atoms with Crippen LogP contribution in [0.2, 0.25) is 5.02 Å². The number of rotatable bonds is 3. The number of ketones is 1. The lowest BCUT2D eigenvalue weighted by Gasteiger charge is -2.31. The molecule has 3 aromatic rings. The SMILES string of the molecule is CC(C)(C)C1=CC(=C(N=Nc2ccc(Cl)cc2)c2oc(C#N)c3ccccc23)C=C(C(C)(C)C)C1=O. The average Bonchev–Trinajstić information content (AvgIpc) is 3.18. The minimum absolute atomic E-state index is 0.0229. The molecule has 1 aromatic heterocycles. The number of benzene rings is 2. The molecule has 0 saturated heterocycles. The van der Waals surface area contributed by atoms with Gasteiger partial charge in [0.1, 0.15) is 11.8 Å². The number of Topliss-reactive ketones (excluding diaryl/α,β-unsaturated/α-hetero) is 1. The smallest absolute Gasteiger partial charge is 0.212 e. The molecular formula is C30H28ClN3O2. The summed E-state index contributed by atoms with van der Waals surface area (Å²) < 4.78 is 6.07. The largest absolute Gasteiger partial charge is 0.443 e. The predicted octanol–water partition coefficient (Wildman–Crippen LogP) is 8.98. The van der Waals surface area contributed by atoms with Gasteiger partial charge >= 0.3 is 0 Å². The summed E-state index contributed by atoms with van der Waals surface area (Å²) in [5.74, 6) is 0.653. The van der Waals surface area contributed by atoms with E-state index in [1.807, 2.05) is 78.0 Å². The highest BCUT2D eigenvalue weighted by molar-refractivity contribution is 6.30. The number of hydrogen-bond acceptors (Lipinski definition) is 5. The Morgan fingerprint density at radius 1 is 0.889 bits per heavy atom. The number of fused-ring (bicyclic) bond motifs is 1. The minimum Gasteiger partial charge on any atom is -0.443 e. The van der Waals surface area contributed by atoms with Crippen molar-refractivity contribution in [2.75, 3.05) is 0 Å². The summed E-state index contributed by atoms with van der Waals surface area (Å²) in [5, 5.41) is 20.8. The van der Waals surface area contributed by atoms with Crippen LogP contribution in [0.4, 0.5) is 5.69 Å². The van der Waals surface area contributed by atoms with Gasteiger partial charge in [-0.2, -0.15) is 10.4 Å². The maximum atomic E-state index is 13.5. The van der Waals surface area contributed by atoms with Crippen LogP contribution in [0.15, 0.2) is 92.0 Å². The Morgan fingerprint density at radius 3 is 1.97 bits per heavy atom. The minimum atomic E-state index is -0.394. The van der Waals surface area contributed by atoms with Crippen LogP contribution < -0.4 is 0 Å². The second kappa shape index (κ2) is 9.37. The number of nitrogens with zero attached hydrogens (tertiary/aromatic N) is 3. The Bertz CT molecular complexity index is 1480. The molecule has 0 atom stereocenters. The second-order valence-electron chi connectivity index (χ2n) is 10.8. The number of halogens is 1. The van der Waals surface area contributed by atoms with Crippen molar-refractivity contribution in [1.29, 1.82) is 5.26 Å². The molecule has 0 unspecified atom stereocenters. The molecule has 36 heavy (non-hydrogen) atoms. The van der Waals surface area contributed by atoms with Crippen LogP contribution >= 0.6 is 11.6 Å². The number of azo groups is 1. The van der Waals surface area contributed by atoms with Gasteiger partial charge < -0.3 is 4.42 Å². The first-order valence-corrected chi connectivity index (χ1v) is 12.1. The third-order valence-corrected chi connectivity index (χ3v) is 6.26. The van der Waals surface area contributed by atoms with Crippen LogP contribution in [0, 0.1) is 22.2 Å². The summed E-state index contributed by atoms with van der Waals surface area (Å²) in [5.41, 5.74) is 2.33. The number of furan rings is 1. The van der Waals surface area contributed by atoms with Crippen LogP contribution in [0.5, 0.6) is 0 Å². The lowest BCUT2D eigenvalue weighted by molar-refractivity contribution is -0.114. The highest BCUT2D eigenvalue weighted by atomic mass is 35.5. The first kappa shape index (κ1) is 25.3. The van der Waals surface area contributed by atoms with Crippen LogP contribution in [0.3, 0.4) is 0 Å². The van der Waals surface area contributed by atoms with Gasteiger partial charge in [-0.25, -0.2) is 0 Å². The van der Waals surface area contributed by atoms with E-state index in [1.54, 1.807) is 24.3 Å². The van der Waals surface area contributed by atoms with E-state index in [-0.39, 0.29) is 11.5 Å². The normalized spacial score (nSPS) is 14.7. The Balaban J connectivity index is 2.07. The van der Waals surface area contributed by atoms with Crippen molar-refractivity contribution >= 4 is 39.5 Å². The van der Waals surface area contributed by atoms with Crippen LogP contribution in [-0.4, -0.2) is 5.78 Å². The molecule has 0 bridgehead atoms. The zero-order valence-corrected chi connectivity index (χ0v) is 22.1. The highest BCUT2D eigenvalue weighted by Crippen LogP contribution is 2.42. The molecule has 0 N–H and O–H groups in total. The summed E-state index contributed by atoms with van der Waals surface area (Å²) in [7, 11) is 0. The summed E-state index contributed by atoms with van der Waals surface area (Å²) >= 11 is 6.03. The number of nitriles is 1. The van der Waals surface area contributed by atoms with Crippen LogP contribution in [0.25, 0.3) is 16.5 Å². The van der Waals surface area contributed by atoms with Crippen molar-refractivity contribution in [2.24, 2.45) is 21.1 Å². The zero-order chi connectivity index (χ0) is 26.3. The summed E-state index contributed by atoms with van der Waals surface area (Å²) in [4.78, 5) is 13.5. The van der Waals surface area contributed by atoms with E-state index >= 15 is 0 Å². The number of carbonyl (C=O) groups excluding carboxylic acids is 1. The van der Waals surface area contributed by atoms with Crippen molar-refractivity contribution in [2.45, 2.75) is 41.5 Å². The summed E-state index contributed by atoms with van der Waals surface area (Å²) in [6.45, 7) is 12.1. The van der Waals surface area contributed by atoms with Crippen LogP contribution in [-0.2, 0) is 4.79 Å². The molecule has 1 aliphatic rings. The fourth-order valence-electron chi connectivity index (χ4n) is 4.08. The third-order valence-electron chi connectivity index (χ3n) is 6.01. The van der Waals surface area contributed by atoms with Crippen molar-refractivity contribution in [3.05, 3.63) is 93.9 Å². The Kier molecular flexibility index (Phi) is 6.60. The Hall–Kier alpha value is -3.75. The van der Waals surface area contributed by atoms with Crippen molar-refractivity contribution < 1.29 is 9.21 Å². The number of carbonyl (C=O) groups is 1. The van der Waals surface area contributed by atoms with Gasteiger partial charge in [0.15, 0.2) is 11.5 Å². The van der Waals surface area contributed by atoms with Gasteiger partial charge in [-0.1, -0.05) is 71.3 Å². The van der Waals surface area contributed by atoms with Gasteiger partial charge in [0.25, 0.3) is 0 Å². The molecule has 0 amide bonds. The average molecular weight is 498 g/mol. The molecule has 0 aliphatic heterocycles. The molecule has 2 aromatic carbocycles. The van der Waals surface area contributed by atoms with E-state index in [4.69, 9.17) is 16.0 Å². The van der Waals surface area contributed by atoms with E-state index in [1.165, 1.54) is 0 Å². The molecule has 6 heteroatoms. The van der Waals surface area contributed by atoms with Crippen molar-refractivity contribution in [1.82, 2.24) is 0 Å². The number of allylic oxidation sites excluding steroid dienone is 5. The zero-order valence-electron chi connectivity index (χ0n) is 21.3. The van der Waals surface area contributed by atoms with E-state index in [0.717, 1.165) is 5.39 Å². The van der Waals surface area contributed by atoms with E-state index in [9.17, 15) is 10.1 Å². The third kappa shape index (κ3) is 4.96. The van der Waals surface area contributed by atoms with Gasteiger partial charge in [0.2, 0.25) is 5.76 Å². The van der Waals surface area contributed by atoms with E-state index < -0.39 is 10.8 Å². The molecule has 1 aliphatic carbocycles. The first-order valence-electron chi connectivity index (χ1n) is 11.7. The van der Waals surface area contributed by atoms with E-state index in [0.29, 0.717) is 44.3 Å². The molecule has 5 nitrogen and oxygen atoms in total. The molecule has 0 saturated carbocycles. The van der Waals surface area contributed by atoms with Gasteiger partial charge in [0, 0.05) is 32.5 Å². The standard InChI is InChI=1S/C30H28ClN3O2/c1-29(2,3)23-15-18(16-24(27(23)35)30(4,5)6)26(34-33-20-13-11-19(31)12-14-20)28-22-10-8-7-9-21(22)25(17-32)36-28/h7-16H,1-6H3. The number of hydrogen-bond donors (Lipinski definition) is 0. The van der Waals surface area contributed by atoms with Crippen molar-refractivity contribution in [3.63, 3.8) is 0 Å². The van der Waals surface area contributed by atoms with Gasteiger partial charge in [0.05, 0.1) is 5.69 Å². The molecule has 182 valence electrons. The first-order chi connectivity index (χ1) is 16.9. The maximum absolute atomic E-state index is 13.5. The lowest BCUT2D eigenvalue weighted by Crippen LogP contribution is -2.28. The predicted molar refractivity (Wildman–Crippen MR) is 144 cm³/mol. The quantitative estimate of drug-likeness (QED) is 0.338. The highest BCUT2D eigenvalue weighted by Gasteiger charge is 2.35. The maximum Gasteiger partial charge on any atom is 0.212 e. The Morgan fingerprint density at radius 2 is 1.44 bits per heavy atom.